The molecule has 1 saturated heterocycles. The van der Waals surface area contributed by atoms with Crippen molar-refractivity contribution < 1.29 is 19.5 Å². The summed E-state index contributed by atoms with van der Waals surface area (Å²) < 4.78 is 0. The third-order valence-corrected chi connectivity index (χ3v) is 6.56. The van der Waals surface area contributed by atoms with Crippen molar-refractivity contribution in [2.75, 3.05) is 31.5 Å². The van der Waals surface area contributed by atoms with Crippen LogP contribution in [0, 0.1) is 0 Å². The number of carbonyl (C=O) groups excluding carboxylic acids is 3. The van der Waals surface area contributed by atoms with Crippen LogP contribution in [0.2, 0.25) is 0 Å². The van der Waals surface area contributed by atoms with Gasteiger partial charge in [0.15, 0.2) is 0 Å². The highest BCUT2D eigenvalue weighted by Gasteiger charge is 2.39. The van der Waals surface area contributed by atoms with Gasteiger partial charge in [0.1, 0.15) is 11.4 Å². The van der Waals surface area contributed by atoms with Gasteiger partial charge in [0.05, 0.1) is 23.5 Å². The van der Waals surface area contributed by atoms with Gasteiger partial charge >= 0.3 is 0 Å². The number of anilines is 1. The summed E-state index contributed by atoms with van der Waals surface area (Å²) in [6.07, 6.45) is 2.93. The summed E-state index contributed by atoms with van der Waals surface area (Å²) in [6.45, 7) is 3.19. The quantitative estimate of drug-likeness (QED) is 0.561. The first kappa shape index (κ1) is 22.5. The number of aromatic hydroxyl groups is 1. The van der Waals surface area contributed by atoms with Crippen molar-refractivity contribution in [3.63, 3.8) is 0 Å². The van der Waals surface area contributed by atoms with Gasteiger partial charge in [-0.25, -0.2) is 0 Å². The molecular weight excluding hydrogens is 446 g/mol. The number of fused-ring (bicyclic) bond motifs is 1. The molecular formula is C26H25N5O4. The van der Waals surface area contributed by atoms with Gasteiger partial charge in [0, 0.05) is 44.0 Å². The van der Waals surface area contributed by atoms with Crippen molar-refractivity contribution in [1.82, 2.24) is 19.8 Å². The molecule has 2 atom stereocenters. The number of Topliss-reactive ketones (excluding diaryl/α,β-unsaturated/α-hetero) is 1. The maximum absolute atomic E-state index is 13.3. The van der Waals surface area contributed by atoms with E-state index in [4.69, 9.17) is 0 Å². The molecule has 2 N–H and O–H groups in total. The maximum Gasteiger partial charge on any atom is 0.291 e. The molecule has 0 radical (unpaired) electrons. The second-order valence-electron chi connectivity index (χ2n) is 8.79. The normalized spacial score (nSPS) is 19.1. The van der Waals surface area contributed by atoms with E-state index in [1.807, 2.05) is 25.1 Å². The fourth-order valence-electron chi connectivity index (χ4n) is 4.72. The van der Waals surface area contributed by atoms with Crippen LogP contribution in [0.4, 0.5) is 5.69 Å². The van der Waals surface area contributed by atoms with Gasteiger partial charge in [0.25, 0.3) is 11.8 Å². The minimum atomic E-state index is -0.632. The predicted octanol–water partition coefficient (Wildman–Crippen LogP) is 2.30. The average molecular weight is 472 g/mol. The van der Waals surface area contributed by atoms with Crippen LogP contribution in [0.1, 0.15) is 28.8 Å². The Hall–Kier alpha value is -4.27. The molecule has 1 aromatic carbocycles. The Bertz CT molecular complexity index is 1280. The largest absolute Gasteiger partial charge is 0.506 e. The molecule has 1 fully saturated rings. The Balaban J connectivity index is 1.30. The zero-order chi connectivity index (χ0) is 24.5. The fourth-order valence-corrected chi connectivity index (χ4v) is 4.72. The number of aromatic nitrogens is 2. The van der Waals surface area contributed by atoms with Crippen LogP contribution >= 0.6 is 0 Å². The number of pyridine rings is 2. The third kappa shape index (κ3) is 4.21. The molecule has 2 aromatic heterocycles. The molecule has 2 unspecified atom stereocenters. The number of hydrogen-bond acceptors (Lipinski definition) is 7. The number of nitrogens with zero attached hydrogens (tertiary/aromatic N) is 4. The molecule has 0 bridgehead atoms. The molecule has 3 aromatic rings. The average Bonchev–Trinajstić information content (AvgIpc) is 3.33. The highest BCUT2D eigenvalue weighted by Crippen LogP contribution is 2.38. The van der Waals surface area contributed by atoms with Crippen molar-refractivity contribution in [3.05, 3.63) is 72.1 Å². The highest BCUT2D eigenvalue weighted by atomic mass is 16.3. The Labute approximate surface area is 202 Å². The van der Waals surface area contributed by atoms with E-state index in [0.29, 0.717) is 47.8 Å². The van der Waals surface area contributed by atoms with Crippen LogP contribution in [-0.4, -0.2) is 74.7 Å². The van der Waals surface area contributed by atoms with Crippen molar-refractivity contribution >= 4 is 23.3 Å². The molecule has 9 heteroatoms. The van der Waals surface area contributed by atoms with Crippen LogP contribution in [0.25, 0.3) is 11.4 Å². The molecule has 2 aliphatic rings. The lowest BCUT2D eigenvalue weighted by molar-refractivity contribution is -0.148. The van der Waals surface area contributed by atoms with Crippen molar-refractivity contribution in [1.29, 1.82) is 0 Å². The molecule has 178 valence electrons. The monoisotopic (exact) mass is 471 g/mol. The lowest BCUT2D eigenvalue weighted by atomic mass is 9.95. The number of hydrogen-bond donors (Lipinski definition) is 2. The van der Waals surface area contributed by atoms with E-state index in [-0.39, 0.29) is 24.2 Å². The maximum atomic E-state index is 13.3. The van der Waals surface area contributed by atoms with Crippen molar-refractivity contribution in [2.45, 2.75) is 18.9 Å². The lowest BCUT2D eigenvalue weighted by Gasteiger charge is -2.39. The van der Waals surface area contributed by atoms with Gasteiger partial charge in [-0.2, -0.15) is 0 Å². The van der Waals surface area contributed by atoms with Crippen LogP contribution in [0.3, 0.4) is 0 Å². The van der Waals surface area contributed by atoms with Crippen LogP contribution in [0.15, 0.2) is 60.9 Å². The molecule has 2 amide bonds. The van der Waals surface area contributed by atoms with Gasteiger partial charge < -0.3 is 20.2 Å². The Morgan fingerprint density at radius 3 is 2.54 bits per heavy atom. The molecule has 0 spiro atoms. The molecule has 2 aliphatic heterocycles. The highest BCUT2D eigenvalue weighted by molar-refractivity contribution is 6.38. The molecule has 0 saturated carbocycles. The van der Waals surface area contributed by atoms with E-state index in [2.05, 4.69) is 15.3 Å². The number of rotatable bonds is 4. The summed E-state index contributed by atoms with van der Waals surface area (Å²) in [5.74, 6) is -1.68. The van der Waals surface area contributed by atoms with Gasteiger partial charge in [-0.3, -0.25) is 24.4 Å². The van der Waals surface area contributed by atoms with Gasteiger partial charge in [-0.1, -0.05) is 18.2 Å². The van der Waals surface area contributed by atoms with Crippen LogP contribution in [0.5, 0.6) is 5.75 Å². The minimum absolute atomic E-state index is 0.0487. The van der Waals surface area contributed by atoms with Crippen LogP contribution in [-0.2, 0) is 9.59 Å². The van der Waals surface area contributed by atoms with E-state index < -0.39 is 17.6 Å². The number of piperazine rings is 1. The number of amides is 2. The number of carbonyl (C=O) groups is 3. The predicted molar refractivity (Wildman–Crippen MR) is 129 cm³/mol. The second-order valence-corrected chi connectivity index (χ2v) is 8.79. The van der Waals surface area contributed by atoms with E-state index >= 15 is 0 Å². The first-order chi connectivity index (χ1) is 16.9. The summed E-state index contributed by atoms with van der Waals surface area (Å²) in [7, 11) is 0. The Kier molecular flexibility index (Phi) is 5.90. The summed E-state index contributed by atoms with van der Waals surface area (Å²) in [5, 5.41) is 12.7. The molecule has 0 aliphatic carbocycles. The molecule has 4 heterocycles. The summed E-state index contributed by atoms with van der Waals surface area (Å²) in [5.41, 5.74) is 3.10. The number of ketones is 1. The van der Waals surface area contributed by atoms with E-state index in [1.54, 1.807) is 40.3 Å². The Morgan fingerprint density at radius 1 is 1.03 bits per heavy atom. The molecule has 35 heavy (non-hydrogen) atoms. The zero-order valence-electron chi connectivity index (χ0n) is 19.2. The minimum Gasteiger partial charge on any atom is -0.506 e. The van der Waals surface area contributed by atoms with Crippen molar-refractivity contribution in [2.24, 2.45) is 0 Å². The lowest BCUT2D eigenvalue weighted by Crippen LogP contribution is -2.57. The SMILES string of the molecule is CC1CN(C(=O)c2ccccc2)CCN1C(=O)C(=O)C1CNc2c1ccnc2-c1ccc(O)cn1. The summed E-state index contributed by atoms with van der Waals surface area (Å²) >= 11 is 0. The smallest absolute Gasteiger partial charge is 0.291 e. The Morgan fingerprint density at radius 2 is 1.83 bits per heavy atom. The molecule has 5 rings (SSSR count). The first-order valence-corrected chi connectivity index (χ1v) is 11.5. The second kappa shape index (κ2) is 9.17. The zero-order valence-corrected chi connectivity index (χ0v) is 19.2. The van der Waals surface area contributed by atoms with Gasteiger partial charge in [-0.15, -0.1) is 0 Å². The van der Waals surface area contributed by atoms with E-state index in [0.717, 1.165) is 0 Å². The third-order valence-electron chi connectivity index (χ3n) is 6.56. The fraction of sp³-hybridized carbons (Fsp3) is 0.269. The number of nitrogens with one attached hydrogen (secondary N) is 1. The van der Waals surface area contributed by atoms with Crippen LogP contribution < -0.4 is 5.32 Å². The van der Waals surface area contributed by atoms with E-state index in [1.165, 1.54) is 12.3 Å². The molecule has 9 nitrogen and oxygen atoms in total. The standard InChI is InChI=1S/C26H25N5O4/c1-16-15-30(25(34)17-5-3-2-4-6-17)11-12-31(16)26(35)24(33)20-14-29-22-19(20)9-10-27-23(22)21-8-7-18(32)13-28-21/h2-10,13,16,20,29,32H,11-12,14-15H2,1H3. The first-order valence-electron chi connectivity index (χ1n) is 11.5. The topological polar surface area (TPSA) is 116 Å². The van der Waals surface area contributed by atoms with Crippen molar-refractivity contribution in [3.8, 4) is 17.1 Å². The number of benzene rings is 1. The van der Waals surface area contributed by atoms with Gasteiger partial charge in [-0.05, 0) is 42.8 Å². The summed E-state index contributed by atoms with van der Waals surface area (Å²) in [4.78, 5) is 51.2. The van der Waals surface area contributed by atoms with E-state index in [9.17, 15) is 19.5 Å². The van der Waals surface area contributed by atoms with Gasteiger partial charge in [0.2, 0.25) is 5.78 Å². The summed E-state index contributed by atoms with van der Waals surface area (Å²) in [6, 6.07) is 13.7.